The van der Waals surface area contributed by atoms with Crippen LogP contribution in [0.5, 0.6) is 0 Å². The van der Waals surface area contributed by atoms with Crippen molar-refractivity contribution >= 4 is 39.5 Å². The van der Waals surface area contributed by atoms with Crippen LogP contribution in [0.4, 0.5) is 0 Å². The molecule has 3 N–H and O–H groups in total. The second-order valence-corrected chi connectivity index (χ2v) is 37.0. The molecule has 0 saturated heterocycles. The minimum atomic E-state index is -4.97. The smallest absolute Gasteiger partial charge is 0.462 e. The van der Waals surface area contributed by atoms with E-state index in [9.17, 15) is 43.2 Å². The highest BCUT2D eigenvalue weighted by Crippen LogP contribution is 2.45. The molecule has 0 bridgehead atoms. The van der Waals surface area contributed by atoms with Gasteiger partial charge in [0.25, 0.3) is 0 Å². The Labute approximate surface area is 689 Å². The third-order valence-electron chi connectivity index (χ3n) is 22.3. The van der Waals surface area contributed by atoms with Gasteiger partial charge in [0.2, 0.25) is 0 Å². The molecule has 0 fully saturated rings. The Kier molecular flexibility index (Phi) is 82.6. The second kappa shape index (κ2) is 84.1. The lowest BCUT2D eigenvalue weighted by Gasteiger charge is -2.21. The van der Waals surface area contributed by atoms with Gasteiger partial charge in [-0.3, -0.25) is 37.3 Å². The topological polar surface area (TPSA) is 237 Å². The van der Waals surface area contributed by atoms with Gasteiger partial charge in [0.15, 0.2) is 12.2 Å². The fraction of sp³-hybridized carbons (Fsp3) is 0.957. The van der Waals surface area contributed by atoms with Crippen molar-refractivity contribution in [2.45, 2.75) is 522 Å². The average molecular weight is 1630 g/mol. The number of esters is 4. The molecule has 0 spiro atoms. The maximum Gasteiger partial charge on any atom is 0.472 e. The van der Waals surface area contributed by atoms with Crippen molar-refractivity contribution in [1.29, 1.82) is 0 Å². The number of unbranched alkanes of at least 4 members (excludes halogenated alkanes) is 61. The van der Waals surface area contributed by atoms with E-state index in [0.717, 1.165) is 102 Å². The maximum atomic E-state index is 13.2. The fourth-order valence-corrected chi connectivity index (χ4v) is 16.2. The predicted octanol–water partition coefficient (Wildman–Crippen LogP) is 29.0. The number of phosphoric acid groups is 2. The number of aliphatic hydroxyl groups excluding tert-OH is 1. The Balaban J connectivity index is 5.25. The van der Waals surface area contributed by atoms with Crippen molar-refractivity contribution in [2.75, 3.05) is 39.6 Å². The average Bonchev–Trinajstić information content (AvgIpc) is 0.881. The van der Waals surface area contributed by atoms with Crippen molar-refractivity contribution in [3.63, 3.8) is 0 Å². The number of hydrogen-bond acceptors (Lipinski definition) is 15. The van der Waals surface area contributed by atoms with Gasteiger partial charge in [0.1, 0.15) is 19.3 Å². The van der Waals surface area contributed by atoms with E-state index in [1.165, 1.54) is 321 Å². The first-order valence-corrected chi connectivity index (χ1v) is 51.0. The van der Waals surface area contributed by atoms with Crippen LogP contribution < -0.4 is 0 Å². The van der Waals surface area contributed by atoms with E-state index < -0.39 is 97.5 Å². The summed E-state index contributed by atoms with van der Waals surface area (Å²) in [5.41, 5.74) is 0. The van der Waals surface area contributed by atoms with E-state index >= 15 is 0 Å². The molecule has 0 aliphatic rings. The standard InChI is InChI=1S/C93H182O17P2/c1-7-10-12-14-16-18-20-22-23-24-25-26-30-33-40-46-52-58-64-70-76-91(96)104-82-89(109-92(97)77-71-65-59-53-47-41-34-31-28-27-29-32-39-44-50-56-62-68-74-86(6)9-3)84-108-112(101,102)106-80-87(94)79-105-111(99,100)107-83-88(81-103-90(95)75-69-63-57-51-45-37-21-19-17-15-13-11-8-2)110-93(98)78-72-66-60-54-48-42-36-35-38-43-49-55-61-67-73-85(4)5/h85-89,94H,7-84H2,1-6H3,(H,99,100)(H,101,102)/t86?,87-,88+,89+/m0/s1. The number of rotatable bonds is 92. The summed E-state index contributed by atoms with van der Waals surface area (Å²) in [4.78, 5) is 73.5. The van der Waals surface area contributed by atoms with Crippen LogP contribution in [-0.4, -0.2) is 96.7 Å². The van der Waals surface area contributed by atoms with Crippen molar-refractivity contribution in [3.8, 4) is 0 Å². The summed E-state index contributed by atoms with van der Waals surface area (Å²) >= 11 is 0. The van der Waals surface area contributed by atoms with Crippen molar-refractivity contribution in [1.82, 2.24) is 0 Å². The van der Waals surface area contributed by atoms with Crippen molar-refractivity contribution in [2.24, 2.45) is 11.8 Å². The van der Waals surface area contributed by atoms with Crippen LogP contribution in [0, 0.1) is 11.8 Å². The molecule has 0 aliphatic carbocycles. The first-order valence-electron chi connectivity index (χ1n) is 48.0. The van der Waals surface area contributed by atoms with Crippen molar-refractivity contribution in [3.05, 3.63) is 0 Å². The molecule has 0 heterocycles. The predicted molar refractivity (Wildman–Crippen MR) is 465 cm³/mol. The summed E-state index contributed by atoms with van der Waals surface area (Å²) in [7, 11) is -9.94. The molecule has 0 aromatic heterocycles. The molecule has 3 unspecified atom stereocenters. The Morgan fingerprint density at radius 2 is 0.455 bits per heavy atom. The molecule has 0 saturated carbocycles. The minimum absolute atomic E-state index is 0.108. The minimum Gasteiger partial charge on any atom is -0.462 e. The first-order chi connectivity index (χ1) is 54.4. The van der Waals surface area contributed by atoms with Crippen LogP contribution >= 0.6 is 15.6 Å². The number of carbonyl (C=O) groups is 4. The summed E-state index contributed by atoms with van der Waals surface area (Å²) in [5, 5.41) is 10.7. The van der Waals surface area contributed by atoms with E-state index in [0.29, 0.717) is 25.7 Å². The van der Waals surface area contributed by atoms with Crippen LogP contribution in [0.2, 0.25) is 0 Å². The molecular weight excluding hydrogens is 1450 g/mol. The van der Waals surface area contributed by atoms with Gasteiger partial charge in [-0.2, -0.15) is 0 Å². The van der Waals surface area contributed by atoms with Crippen LogP contribution in [-0.2, 0) is 65.4 Å². The molecule has 666 valence electrons. The zero-order chi connectivity index (χ0) is 82.0. The molecule has 0 aromatic carbocycles. The molecule has 0 amide bonds. The molecule has 0 radical (unpaired) electrons. The number of aliphatic hydroxyl groups is 1. The molecule has 112 heavy (non-hydrogen) atoms. The molecule has 6 atom stereocenters. The Hall–Kier alpha value is -1.94. The van der Waals surface area contributed by atoms with Gasteiger partial charge in [-0.25, -0.2) is 9.13 Å². The monoisotopic (exact) mass is 1630 g/mol. The summed E-state index contributed by atoms with van der Waals surface area (Å²) in [6.45, 7) is 9.81. The highest BCUT2D eigenvalue weighted by molar-refractivity contribution is 7.47. The summed E-state index contributed by atoms with van der Waals surface area (Å²) in [6, 6.07) is 0. The summed E-state index contributed by atoms with van der Waals surface area (Å²) in [6.07, 6.45) is 79.1. The Morgan fingerprint density at radius 3 is 0.679 bits per heavy atom. The van der Waals surface area contributed by atoms with Gasteiger partial charge in [-0.1, -0.05) is 452 Å². The van der Waals surface area contributed by atoms with E-state index in [2.05, 4.69) is 41.5 Å². The Morgan fingerprint density at radius 1 is 0.259 bits per heavy atom. The summed E-state index contributed by atoms with van der Waals surface area (Å²) in [5.74, 6) is -0.425. The second-order valence-electron chi connectivity index (χ2n) is 34.1. The van der Waals surface area contributed by atoms with Crippen molar-refractivity contribution < 1.29 is 80.2 Å². The maximum absolute atomic E-state index is 13.2. The zero-order valence-electron chi connectivity index (χ0n) is 74.0. The SMILES string of the molecule is CCCCCCCCCCCCCCCCCCCCCCC(=O)OC[C@H](COP(=O)(O)OC[C@@H](O)COP(=O)(O)OC[C@@H](COC(=O)CCCCCCCCCCCCCCC)OC(=O)CCCCCCCCCCCCCCCCC(C)C)OC(=O)CCCCCCCCCCCCCCCCCCCCC(C)CC. The van der Waals surface area contributed by atoms with Gasteiger partial charge < -0.3 is 33.8 Å². The van der Waals surface area contributed by atoms with Gasteiger partial charge in [0.05, 0.1) is 26.4 Å². The largest absolute Gasteiger partial charge is 0.472 e. The van der Waals surface area contributed by atoms with Gasteiger partial charge >= 0.3 is 39.5 Å². The molecule has 0 aromatic rings. The third kappa shape index (κ3) is 84.5. The molecule has 0 rings (SSSR count). The first kappa shape index (κ1) is 110. The normalized spacial score (nSPS) is 13.9. The number of phosphoric ester groups is 2. The van der Waals surface area contributed by atoms with Crippen LogP contribution in [0.3, 0.4) is 0 Å². The molecule has 19 heteroatoms. The highest BCUT2D eigenvalue weighted by atomic mass is 31.2. The van der Waals surface area contributed by atoms with Crippen LogP contribution in [0.1, 0.15) is 504 Å². The number of hydrogen-bond donors (Lipinski definition) is 3. The lowest BCUT2D eigenvalue weighted by atomic mass is 9.99. The molecule has 17 nitrogen and oxygen atoms in total. The zero-order valence-corrected chi connectivity index (χ0v) is 75.8. The molecule has 0 aliphatic heterocycles. The van der Waals surface area contributed by atoms with Gasteiger partial charge in [0, 0.05) is 25.7 Å². The lowest BCUT2D eigenvalue weighted by Crippen LogP contribution is -2.30. The van der Waals surface area contributed by atoms with Crippen LogP contribution in [0.15, 0.2) is 0 Å². The highest BCUT2D eigenvalue weighted by Gasteiger charge is 2.31. The molecular formula is C93H182O17P2. The Bertz CT molecular complexity index is 2130. The van der Waals surface area contributed by atoms with Crippen LogP contribution in [0.25, 0.3) is 0 Å². The summed E-state index contributed by atoms with van der Waals surface area (Å²) < 4.78 is 69.2. The van der Waals surface area contributed by atoms with Gasteiger partial charge in [-0.05, 0) is 37.5 Å². The third-order valence-corrected chi connectivity index (χ3v) is 24.2. The quantitative estimate of drug-likeness (QED) is 0.0222. The van der Waals surface area contributed by atoms with E-state index in [4.69, 9.17) is 37.0 Å². The van der Waals surface area contributed by atoms with Gasteiger partial charge in [-0.15, -0.1) is 0 Å². The fourth-order valence-electron chi connectivity index (χ4n) is 14.6. The lowest BCUT2D eigenvalue weighted by molar-refractivity contribution is -0.161. The number of ether oxygens (including phenoxy) is 4. The van der Waals surface area contributed by atoms with E-state index in [1.807, 2.05) is 0 Å². The number of carbonyl (C=O) groups excluding carboxylic acids is 4. The van der Waals surface area contributed by atoms with E-state index in [-0.39, 0.29) is 25.7 Å². The van der Waals surface area contributed by atoms with E-state index in [1.54, 1.807) is 0 Å².